The molecule has 4 heteroatoms. The van der Waals surface area contributed by atoms with E-state index < -0.39 is 0 Å². The van der Waals surface area contributed by atoms with Crippen LogP contribution in [-0.4, -0.2) is 48.3 Å². The number of rotatable bonds is 5. The summed E-state index contributed by atoms with van der Waals surface area (Å²) in [6.45, 7) is 6.80. The summed E-state index contributed by atoms with van der Waals surface area (Å²) in [4.78, 5) is 7.02. The second-order valence-electron chi connectivity index (χ2n) is 5.65. The predicted octanol–water partition coefficient (Wildman–Crippen LogP) is 1.34. The van der Waals surface area contributed by atoms with Crippen LogP contribution in [0.2, 0.25) is 0 Å². The minimum atomic E-state index is 0.482. The number of hydrogen-bond donors (Lipinski definition) is 1. The first-order valence-electron chi connectivity index (χ1n) is 7.28. The van der Waals surface area contributed by atoms with Gasteiger partial charge < -0.3 is 10.1 Å². The molecule has 3 rings (SSSR count). The minimum Gasteiger partial charge on any atom is -0.378 e. The van der Waals surface area contributed by atoms with Gasteiger partial charge in [-0.05, 0) is 31.4 Å². The Hall–Kier alpha value is -0.970. The number of nitrogens with one attached hydrogen (secondary N) is 1. The molecular formula is C15H23N3O. The van der Waals surface area contributed by atoms with Crippen LogP contribution in [0.25, 0.3) is 0 Å². The van der Waals surface area contributed by atoms with Crippen LogP contribution in [0.5, 0.6) is 0 Å². The molecule has 1 saturated carbocycles. The van der Waals surface area contributed by atoms with Crippen molar-refractivity contribution in [2.45, 2.75) is 38.4 Å². The molecule has 1 atom stereocenters. The molecule has 0 amide bonds. The Morgan fingerprint density at radius 3 is 3.16 bits per heavy atom. The zero-order valence-electron chi connectivity index (χ0n) is 11.6. The molecule has 2 heterocycles. The standard InChI is InChI=1S/C15H23N3O/c1-12-3-2-6-16-15(12)10-18-7-8-19-11-14(18)9-17-13-4-5-13/h2-3,6,13-14,17H,4-5,7-11H2,1H3. The topological polar surface area (TPSA) is 37.4 Å². The number of aromatic nitrogens is 1. The third-order valence-corrected chi connectivity index (χ3v) is 4.04. The van der Waals surface area contributed by atoms with E-state index in [1.165, 1.54) is 24.1 Å². The molecule has 1 saturated heterocycles. The van der Waals surface area contributed by atoms with E-state index in [9.17, 15) is 0 Å². The van der Waals surface area contributed by atoms with Gasteiger partial charge >= 0.3 is 0 Å². The summed E-state index contributed by atoms with van der Waals surface area (Å²) < 4.78 is 5.63. The molecule has 1 aromatic rings. The third kappa shape index (κ3) is 3.53. The monoisotopic (exact) mass is 261 g/mol. The first-order valence-corrected chi connectivity index (χ1v) is 7.28. The number of hydrogen-bond acceptors (Lipinski definition) is 4. The van der Waals surface area contributed by atoms with Gasteiger partial charge in [-0.3, -0.25) is 9.88 Å². The number of aryl methyl sites for hydroxylation is 1. The van der Waals surface area contributed by atoms with Crippen LogP contribution in [0.1, 0.15) is 24.1 Å². The van der Waals surface area contributed by atoms with Crippen molar-refractivity contribution in [3.05, 3.63) is 29.6 Å². The van der Waals surface area contributed by atoms with Crippen LogP contribution in [0.15, 0.2) is 18.3 Å². The molecule has 0 bridgehead atoms. The van der Waals surface area contributed by atoms with Crippen LogP contribution < -0.4 is 5.32 Å². The highest BCUT2D eigenvalue weighted by Crippen LogP contribution is 2.19. The zero-order valence-corrected chi connectivity index (χ0v) is 11.6. The van der Waals surface area contributed by atoms with Gasteiger partial charge in [0.15, 0.2) is 0 Å². The summed E-state index contributed by atoms with van der Waals surface area (Å²) in [7, 11) is 0. The summed E-state index contributed by atoms with van der Waals surface area (Å²) in [5.41, 5.74) is 2.48. The van der Waals surface area contributed by atoms with Gasteiger partial charge in [-0.15, -0.1) is 0 Å². The molecule has 2 aliphatic rings. The molecule has 0 spiro atoms. The van der Waals surface area contributed by atoms with Crippen molar-refractivity contribution in [2.75, 3.05) is 26.3 Å². The second-order valence-corrected chi connectivity index (χ2v) is 5.65. The summed E-state index contributed by atoms with van der Waals surface area (Å²) in [6, 6.07) is 5.39. The Bertz CT molecular complexity index is 420. The summed E-state index contributed by atoms with van der Waals surface area (Å²) in [5.74, 6) is 0. The molecule has 104 valence electrons. The molecular weight excluding hydrogens is 238 g/mol. The summed E-state index contributed by atoms with van der Waals surface area (Å²) >= 11 is 0. The fraction of sp³-hybridized carbons (Fsp3) is 0.667. The van der Waals surface area contributed by atoms with Gasteiger partial charge in [-0.1, -0.05) is 6.07 Å². The molecule has 2 fully saturated rings. The molecule has 1 aliphatic carbocycles. The van der Waals surface area contributed by atoms with Gasteiger partial charge in [0.25, 0.3) is 0 Å². The van der Waals surface area contributed by atoms with E-state index in [1.54, 1.807) is 0 Å². The molecule has 0 aromatic carbocycles. The minimum absolute atomic E-state index is 0.482. The van der Waals surface area contributed by atoms with E-state index in [0.717, 1.165) is 38.9 Å². The van der Waals surface area contributed by atoms with E-state index in [0.29, 0.717) is 6.04 Å². The molecule has 1 aromatic heterocycles. The number of morpholine rings is 1. The maximum absolute atomic E-state index is 5.63. The van der Waals surface area contributed by atoms with E-state index >= 15 is 0 Å². The average Bonchev–Trinajstić information content (AvgIpc) is 3.24. The van der Waals surface area contributed by atoms with Crippen molar-refractivity contribution in [1.82, 2.24) is 15.2 Å². The predicted molar refractivity (Wildman–Crippen MR) is 75.0 cm³/mol. The van der Waals surface area contributed by atoms with Crippen LogP contribution >= 0.6 is 0 Å². The van der Waals surface area contributed by atoms with Crippen molar-refractivity contribution in [3.63, 3.8) is 0 Å². The molecule has 1 N–H and O–H groups in total. The lowest BCUT2D eigenvalue weighted by Crippen LogP contribution is -2.50. The van der Waals surface area contributed by atoms with Crippen LogP contribution in [0, 0.1) is 6.92 Å². The average molecular weight is 261 g/mol. The molecule has 4 nitrogen and oxygen atoms in total. The highest BCUT2D eigenvalue weighted by Gasteiger charge is 2.27. The van der Waals surface area contributed by atoms with Gasteiger partial charge in [0.1, 0.15) is 0 Å². The lowest BCUT2D eigenvalue weighted by atomic mass is 10.1. The van der Waals surface area contributed by atoms with Gasteiger partial charge in [0.05, 0.1) is 18.9 Å². The fourth-order valence-corrected chi connectivity index (χ4v) is 2.55. The normalized spacial score (nSPS) is 24.6. The highest BCUT2D eigenvalue weighted by molar-refractivity contribution is 5.17. The van der Waals surface area contributed by atoms with Crippen LogP contribution in [0.4, 0.5) is 0 Å². The zero-order chi connectivity index (χ0) is 13.1. The van der Waals surface area contributed by atoms with Crippen molar-refractivity contribution in [2.24, 2.45) is 0 Å². The van der Waals surface area contributed by atoms with Crippen molar-refractivity contribution < 1.29 is 4.74 Å². The van der Waals surface area contributed by atoms with Crippen LogP contribution in [0.3, 0.4) is 0 Å². The maximum atomic E-state index is 5.63. The molecule has 19 heavy (non-hydrogen) atoms. The van der Waals surface area contributed by atoms with E-state index in [-0.39, 0.29) is 0 Å². The quantitative estimate of drug-likeness (QED) is 0.868. The Morgan fingerprint density at radius 1 is 1.47 bits per heavy atom. The summed E-state index contributed by atoms with van der Waals surface area (Å²) in [6.07, 6.45) is 4.57. The Morgan fingerprint density at radius 2 is 2.37 bits per heavy atom. The first kappa shape index (κ1) is 13.0. The van der Waals surface area contributed by atoms with E-state index in [2.05, 4.69) is 28.2 Å². The number of ether oxygens (including phenoxy) is 1. The number of nitrogens with zero attached hydrogens (tertiary/aromatic N) is 2. The third-order valence-electron chi connectivity index (χ3n) is 4.04. The van der Waals surface area contributed by atoms with E-state index in [4.69, 9.17) is 4.74 Å². The van der Waals surface area contributed by atoms with Gasteiger partial charge in [0, 0.05) is 37.9 Å². The Labute approximate surface area is 115 Å². The molecule has 1 aliphatic heterocycles. The summed E-state index contributed by atoms with van der Waals surface area (Å²) in [5, 5.41) is 3.61. The SMILES string of the molecule is Cc1cccnc1CN1CCOCC1CNC1CC1. The first-order chi connectivity index (χ1) is 9.33. The second kappa shape index (κ2) is 5.99. The Kier molecular flexibility index (Phi) is 4.11. The lowest BCUT2D eigenvalue weighted by Gasteiger charge is -2.35. The Balaban J connectivity index is 1.60. The highest BCUT2D eigenvalue weighted by atomic mass is 16.5. The fourth-order valence-electron chi connectivity index (χ4n) is 2.55. The van der Waals surface area contributed by atoms with Crippen LogP contribution in [-0.2, 0) is 11.3 Å². The van der Waals surface area contributed by atoms with Gasteiger partial charge in [0.2, 0.25) is 0 Å². The van der Waals surface area contributed by atoms with Gasteiger partial charge in [-0.25, -0.2) is 0 Å². The van der Waals surface area contributed by atoms with Crippen molar-refractivity contribution in [3.8, 4) is 0 Å². The van der Waals surface area contributed by atoms with Crippen molar-refractivity contribution in [1.29, 1.82) is 0 Å². The smallest absolute Gasteiger partial charge is 0.0635 e. The van der Waals surface area contributed by atoms with E-state index in [1.807, 2.05) is 12.3 Å². The lowest BCUT2D eigenvalue weighted by molar-refractivity contribution is -0.0116. The molecule has 0 radical (unpaired) electrons. The van der Waals surface area contributed by atoms with Crippen molar-refractivity contribution >= 4 is 0 Å². The van der Waals surface area contributed by atoms with Gasteiger partial charge in [-0.2, -0.15) is 0 Å². The maximum Gasteiger partial charge on any atom is 0.0635 e. The number of pyridine rings is 1. The largest absolute Gasteiger partial charge is 0.378 e. The molecule has 1 unspecified atom stereocenters.